The van der Waals surface area contributed by atoms with Gasteiger partial charge < -0.3 is 5.11 Å². The number of phenolic OH excluding ortho intramolecular Hbond substituents is 1. The van der Waals surface area contributed by atoms with Crippen LogP contribution in [0.5, 0.6) is 5.75 Å². The molecule has 1 aliphatic heterocycles. The molecule has 0 aromatic heterocycles. The zero-order valence-electron chi connectivity index (χ0n) is 11.8. The molecule has 1 amide bonds. The third-order valence-electron chi connectivity index (χ3n) is 3.32. The molecule has 0 unspecified atom stereocenters. The fourth-order valence-electron chi connectivity index (χ4n) is 2.26. The van der Waals surface area contributed by atoms with Gasteiger partial charge in [-0.25, -0.2) is 0 Å². The van der Waals surface area contributed by atoms with Crippen molar-refractivity contribution in [3.05, 3.63) is 64.6 Å². The van der Waals surface area contributed by atoms with Crippen LogP contribution in [0.1, 0.15) is 11.1 Å². The summed E-state index contributed by atoms with van der Waals surface area (Å²) >= 11 is 6.63. The summed E-state index contributed by atoms with van der Waals surface area (Å²) in [6.45, 7) is 1.95. The molecule has 1 heterocycles. The molecular formula is C17H13NO2S2. The molecule has 0 bridgehead atoms. The number of carbonyl (C=O) groups excluding carboxylic acids is 1. The quantitative estimate of drug-likeness (QED) is 0.666. The van der Waals surface area contributed by atoms with Gasteiger partial charge in [-0.15, -0.1) is 0 Å². The topological polar surface area (TPSA) is 40.5 Å². The van der Waals surface area contributed by atoms with Crippen molar-refractivity contribution in [2.75, 3.05) is 4.90 Å². The van der Waals surface area contributed by atoms with E-state index in [0.717, 1.165) is 16.8 Å². The van der Waals surface area contributed by atoms with E-state index in [4.69, 9.17) is 12.2 Å². The van der Waals surface area contributed by atoms with E-state index < -0.39 is 0 Å². The lowest BCUT2D eigenvalue weighted by molar-refractivity contribution is -0.113. The minimum atomic E-state index is -0.132. The molecule has 22 heavy (non-hydrogen) atoms. The highest BCUT2D eigenvalue weighted by atomic mass is 32.2. The van der Waals surface area contributed by atoms with Crippen LogP contribution >= 0.6 is 24.0 Å². The summed E-state index contributed by atoms with van der Waals surface area (Å²) < 4.78 is 0.519. The zero-order chi connectivity index (χ0) is 15.7. The Bertz CT molecular complexity index is 799. The van der Waals surface area contributed by atoms with Gasteiger partial charge in [0.15, 0.2) is 4.32 Å². The van der Waals surface area contributed by atoms with E-state index in [2.05, 4.69) is 0 Å². The first-order chi connectivity index (χ1) is 10.6. The van der Waals surface area contributed by atoms with Crippen molar-refractivity contribution in [3.8, 4) is 5.75 Å². The summed E-state index contributed by atoms with van der Waals surface area (Å²) in [5.41, 5.74) is 2.58. The molecular weight excluding hydrogens is 314 g/mol. The Morgan fingerprint density at radius 3 is 2.68 bits per heavy atom. The Morgan fingerprint density at radius 1 is 1.18 bits per heavy atom. The molecule has 1 N–H and O–H groups in total. The fourth-order valence-corrected chi connectivity index (χ4v) is 3.54. The van der Waals surface area contributed by atoms with Gasteiger partial charge in [-0.2, -0.15) is 0 Å². The Morgan fingerprint density at radius 2 is 1.95 bits per heavy atom. The van der Waals surface area contributed by atoms with Gasteiger partial charge in [-0.3, -0.25) is 9.69 Å². The van der Waals surface area contributed by atoms with Gasteiger partial charge in [0.2, 0.25) is 0 Å². The second kappa shape index (κ2) is 5.94. The maximum atomic E-state index is 12.6. The molecule has 110 valence electrons. The van der Waals surface area contributed by atoms with Gasteiger partial charge in [-0.05, 0) is 42.3 Å². The van der Waals surface area contributed by atoms with Crippen LogP contribution < -0.4 is 4.90 Å². The standard InChI is InChI=1S/C17H13NO2S2/c1-11-5-2-3-8-14(11)18-16(20)15(22-17(18)21)10-12-6-4-7-13(19)9-12/h2-10,19H,1H3/b15-10+. The summed E-state index contributed by atoms with van der Waals surface area (Å²) in [5.74, 6) is 0.0378. The van der Waals surface area contributed by atoms with Crippen LogP contribution in [0.15, 0.2) is 53.4 Å². The second-order valence-corrected chi connectivity index (χ2v) is 6.57. The van der Waals surface area contributed by atoms with Gasteiger partial charge in [-0.1, -0.05) is 54.3 Å². The Labute approximate surface area is 138 Å². The second-order valence-electron chi connectivity index (χ2n) is 4.90. The van der Waals surface area contributed by atoms with E-state index in [0.29, 0.717) is 9.23 Å². The smallest absolute Gasteiger partial charge is 0.270 e. The van der Waals surface area contributed by atoms with Crippen LogP contribution in [0.4, 0.5) is 5.69 Å². The summed E-state index contributed by atoms with van der Waals surface area (Å²) in [7, 11) is 0. The molecule has 2 aromatic carbocycles. The van der Waals surface area contributed by atoms with Crippen molar-refractivity contribution < 1.29 is 9.90 Å². The summed E-state index contributed by atoms with van der Waals surface area (Å²) in [6, 6.07) is 14.4. The average molecular weight is 327 g/mol. The van der Waals surface area contributed by atoms with E-state index in [1.54, 1.807) is 29.2 Å². The van der Waals surface area contributed by atoms with Crippen molar-refractivity contribution in [2.24, 2.45) is 0 Å². The van der Waals surface area contributed by atoms with Gasteiger partial charge in [0.05, 0.1) is 10.6 Å². The lowest BCUT2D eigenvalue weighted by Crippen LogP contribution is -2.28. The third kappa shape index (κ3) is 2.77. The number of carbonyl (C=O) groups is 1. The Balaban J connectivity index is 1.97. The number of hydrogen-bond donors (Lipinski definition) is 1. The highest BCUT2D eigenvalue weighted by Crippen LogP contribution is 2.37. The van der Waals surface area contributed by atoms with Crippen molar-refractivity contribution in [3.63, 3.8) is 0 Å². The van der Waals surface area contributed by atoms with E-state index in [-0.39, 0.29) is 11.7 Å². The Kier molecular flexibility index (Phi) is 4.00. The van der Waals surface area contributed by atoms with Crippen LogP contribution in [0, 0.1) is 6.92 Å². The largest absolute Gasteiger partial charge is 0.508 e. The van der Waals surface area contributed by atoms with Gasteiger partial charge in [0, 0.05) is 0 Å². The number of nitrogens with zero attached hydrogens (tertiary/aromatic N) is 1. The molecule has 0 saturated carbocycles. The maximum Gasteiger partial charge on any atom is 0.270 e. The molecule has 2 aromatic rings. The molecule has 0 atom stereocenters. The number of rotatable bonds is 2. The maximum absolute atomic E-state index is 12.6. The molecule has 3 rings (SSSR count). The summed E-state index contributed by atoms with van der Waals surface area (Å²) in [6.07, 6.45) is 1.75. The van der Waals surface area contributed by atoms with Crippen LogP contribution in [-0.4, -0.2) is 15.3 Å². The van der Waals surface area contributed by atoms with Gasteiger partial charge in [0.1, 0.15) is 5.75 Å². The van der Waals surface area contributed by atoms with Crippen molar-refractivity contribution in [1.29, 1.82) is 0 Å². The SMILES string of the molecule is Cc1ccccc1N1C(=O)/C(=C\c2cccc(O)c2)SC1=S. The molecule has 5 heteroatoms. The number of aryl methyl sites for hydroxylation is 1. The molecule has 0 radical (unpaired) electrons. The van der Waals surface area contributed by atoms with Crippen LogP contribution in [0.2, 0.25) is 0 Å². The summed E-state index contributed by atoms with van der Waals surface area (Å²) in [5, 5.41) is 9.51. The average Bonchev–Trinajstić information content (AvgIpc) is 2.74. The normalized spacial score (nSPS) is 16.6. The Hall–Kier alpha value is -2.11. The lowest BCUT2D eigenvalue weighted by atomic mass is 10.1. The van der Waals surface area contributed by atoms with Crippen molar-refractivity contribution >= 4 is 46.0 Å². The first-order valence-electron chi connectivity index (χ1n) is 6.69. The molecule has 1 saturated heterocycles. The minimum absolute atomic E-state index is 0.132. The van der Waals surface area contributed by atoms with Crippen molar-refractivity contribution in [1.82, 2.24) is 0 Å². The van der Waals surface area contributed by atoms with Crippen LogP contribution in [0.25, 0.3) is 6.08 Å². The van der Waals surface area contributed by atoms with Crippen LogP contribution in [-0.2, 0) is 4.79 Å². The number of amides is 1. The van der Waals surface area contributed by atoms with E-state index in [1.807, 2.05) is 37.3 Å². The van der Waals surface area contributed by atoms with E-state index >= 15 is 0 Å². The van der Waals surface area contributed by atoms with Gasteiger partial charge in [0.25, 0.3) is 5.91 Å². The fraction of sp³-hybridized carbons (Fsp3) is 0.0588. The minimum Gasteiger partial charge on any atom is -0.508 e. The molecule has 1 fully saturated rings. The predicted molar refractivity (Wildman–Crippen MR) is 94.9 cm³/mol. The van der Waals surface area contributed by atoms with Crippen molar-refractivity contribution in [2.45, 2.75) is 6.92 Å². The molecule has 1 aliphatic rings. The first-order valence-corrected chi connectivity index (χ1v) is 7.91. The highest BCUT2D eigenvalue weighted by molar-refractivity contribution is 8.27. The number of para-hydroxylation sites is 1. The number of thioether (sulfide) groups is 1. The number of benzene rings is 2. The summed E-state index contributed by atoms with van der Waals surface area (Å²) in [4.78, 5) is 14.8. The zero-order valence-corrected chi connectivity index (χ0v) is 13.4. The van der Waals surface area contributed by atoms with Gasteiger partial charge >= 0.3 is 0 Å². The van der Waals surface area contributed by atoms with Crippen LogP contribution in [0.3, 0.4) is 0 Å². The lowest BCUT2D eigenvalue weighted by Gasteiger charge is -2.16. The monoisotopic (exact) mass is 327 g/mol. The number of phenols is 1. The molecule has 0 spiro atoms. The first kappa shape index (κ1) is 14.8. The molecule has 0 aliphatic carbocycles. The molecule has 3 nitrogen and oxygen atoms in total. The highest BCUT2D eigenvalue weighted by Gasteiger charge is 2.33. The predicted octanol–water partition coefficient (Wildman–Crippen LogP) is 4.11. The van der Waals surface area contributed by atoms with E-state index in [1.165, 1.54) is 11.8 Å². The number of thiocarbonyl (C=S) groups is 1. The number of aromatic hydroxyl groups is 1. The third-order valence-corrected chi connectivity index (χ3v) is 4.62. The number of anilines is 1. The number of hydrogen-bond acceptors (Lipinski definition) is 4. The van der Waals surface area contributed by atoms with E-state index in [9.17, 15) is 9.90 Å².